The van der Waals surface area contributed by atoms with Crippen LogP contribution in [0.15, 0.2) is 108 Å². The second kappa shape index (κ2) is 15.5. The van der Waals surface area contributed by atoms with E-state index in [1.54, 1.807) is 49.6 Å². The number of sulfonamides is 1. The van der Waals surface area contributed by atoms with E-state index in [1.165, 1.54) is 17.0 Å². The molecule has 0 unspecified atom stereocenters. The number of nitrogens with one attached hydrogen (secondary N) is 1. The first-order valence-corrected chi connectivity index (χ1v) is 18.0. The van der Waals surface area contributed by atoms with Crippen LogP contribution in [0.1, 0.15) is 36.8 Å². The van der Waals surface area contributed by atoms with Crippen LogP contribution in [0.25, 0.3) is 0 Å². The van der Waals surface area contributed by atoms with Gasteiger partial charge in [-0.15, -0.1) is 0 Å². The van der Waals surface area contributed by atoms with Crippen molar-refractivity contribution in [2.75, 3.05) is 31.2 Å². The van der Waals surface area contributed by atoms with Crippen molar-refractivity contribution in [2.24, 2.45) is 0 Å². The second-order valence-electron chi connectivity index (χ2n) is 12.2. The summed E-state index contributed by atoms with van der Waals surface area (Å²) in [4.78, 5) is 30.5. The summed E-state index contributed by atoms with van der Waals surface area (Å²) in [7, 11) is -2.68. The third-order valence-electron chi connectivity index (χ3n) is 8.88. The Hall–Kier alpha value is -5.03. The zero-order valence-electron chi connectivity index (χ0n) is 27.5. The molecule has 10 nitrogen and oxygen atoms in total. The summed E-state index contributed by atoms with van der Waals surface area (Å²) in [6, 6.07) is 28.7. The number of fused-ring (bicyclic) bond motifs is 1. The molecule has 1 aliphatic carbocycles. The fraction of sp³-hybridized carbons (Fsp3) is 0.316. The third kappa shape index (κ3) is 8.17. The highest BCUT2D eigenvalue weighted by Gasteiger charge is 2.36. The molecule has 2 amide bonds. The SMILES string of the molecule is COc1cccc(CN(C(=O)CN(c2ccc3c(c2)OCCO3)S(=O)(=O)c2ccccc2)[C@H](Cc2ccccc2)C(=O)NC2CCCC2)c1. The average Bonchev–Trinajstić information content (AvgIpc) is 3.65. The number of carbonyl (C=O) groups excluding carboxylic acids is 2. The van der Waals surface area contributed by atoms with Crippen LogP contribution in [-0.4, -0.2) is 64.1 Å². The lowest BCUT2D eigenvalue weighted by molar-refractivity contribution is -0.140. The van der Waals surface area contributed by atoms with E-state index in [0.717, 1.165) is 41.1 Å². The second-order valence-corrected chi connectivity index (χ2v) is 14.1. The van der Waals surface area contributed by atoms with Gasteiger partial charge in [-0.25, -0.2) is 8.42 Å². The van der Waals surface area contributed by atoms with Gasteiger partial charge in [0.1, 0.15) is 31.5 Å². The van der Waals surface area contributed by atoms with Crippen molar-refractivity contribution >= 4 is 27.5 Å². The van der Waals surface area contributed by atoms with Crippen molar-refractivity contribution in [3.8, 4) is 17.2 Å². The number of rotatable bonds is 13. The maximum Gasteiger partial charge on any atom is 0.264 e. The van der Waals surface area contributed by atoms with Crippen molar-refractivity contribution in [1.29, 1.82) is 0 Å². The molecule has 0 bridgehead atoms. The Morgan fingerprint density at radius 2 is 1.51 bits per heavy atom. The van der Waals surface area contributed by atoms with E-state index in [2.05, 4.69) is 5.32 Å². The zero-order chi connectivity index (χ0) is 34.2. The molecule has 1 aliphatic heterocycles. The summed E-state index contributed by atoms with van der Waals surface area (Å²) >= 11 is 0. The summed E-state index contributed by atoms with van der Waals surface area (Å²) in [5, 5.41) is 3.20. The van der Waals surface area contributed by atoms with E-state index in [4.69, 9.17) is 14.2 Å². The maximum atomic E-state index is 14.8. The van der Waals surface area contributed by atoms with Gasteiger partial charge in [-0.05, 0) is 60.4 Å². The van der Waals surface area contributed by atoms with Gasteiger partial charge in [-0.1, -0.05) is 73.5 Å². The number of methoxy groups -OCH3 is 1. The lowest BCUT2D eigenvalue weighted by Crippen LogP contribution is -2.54. The minimum absolute atomic E-state index is 0.0206. The molecule has 6 rings (SSSR count). The predicted octanol–water partition coefficient (Wildman–Crippen LogP) is 5.36. The minimum Gasteiger partial charge on any atom is -0.497 e. The number of hydrogen-bond donors (Lipinski definition) is 1. The van der Waals surface area contributed by atoms with E-state index < -0.39 is 28.5 Å². The molecule has 1 N–H and O–H groups in total. The maximum absolute atomic E-state index is 14.8. The number of amides is 2. The first kappa shape index (κ1) is 33.9. The van der Waals surface area contributed by atoms with Gasteiger partial charge in [-0.3, -0.25) is 13.9 Å². The standard InChI is InChI=1S/C38H41N3O7S/c1-46-32-16-10-13-29(23-32)26-40(34(24-28-11-4-2-5-12-28)38(43)39-30-14-8-9-15-30)37(42)27-41(49(44,45)33-17-6-3-7-18-33)31-19-20-35-36(25-31)48-22-21-47-35/h2-7,10-13,16-20,23,25,30,34H,8-9,14-15,21-22,24,26-27H2,1H3,(H,39,43)/t34-/m1/s1. The molecule has 4 aromatic carbocycles. The fourth-order valence-corrected chi connectivity index (χ4v) is 7.75. The summed E-state index contributed by atoms with van der Waals surface area (Å²) in [5.41, 5.74) is 1.84. The fourth-order valence-electron chi connectivity index (χ4n) is 6.32. The lowest BCUT2D eigenvalue weighted by Gasteiger charge is -2.34. The van der Waals surface area contributed by atoms with Crippen LogP contribution in [0.3, 0.4) is 0 Å². The molecule has 1 saturated carbocycles. The smallest absolute Gasteiger partial charge is 0.264 e. The molecule has 1 fully saturated rings. The van der Waals surface area contributed by atoms with Crippen LogP contribution in [0.4, 0.5) is 5.69 Å². The molecule has 49 heavy (non-hydrogen) atoms. The molecule has 2 aliphatic rings. The normalized spacial score (nSPS) is 14.9. The van der Waals surface area contributed by atoms with Gasteiger partial charge in [0.15, 0.2) is 11.5 Å². The third-order valence-corrected chi connectivity index (χ3v) is 10.7. The monoisotopic (exact) mass is 683 g/mol. The topological polar surface area (TPSA) is 114 Å². The highest BCUT2D eigenvalue weighted by atomic mass is 32.2. The molecule has 0 spiro atoms. The lowest BCUT2D eigenvalue weighted by atomic mass is 10.0. The Kier molecular flexibility index (Phi) is 10.7. The van der Waals surface area contributed by atoms with Crippen molar-refractivity contribution < 1.29 is 32.2 Å². The van der Waals surface area contributed by atoms with Crippen molar-refractivity contribution in [2.45, 2.75) is 55.6 Å². The zero-order valence-corrected chi connectivity index (χ0v) is 28.3. The Labute approximate surface area is 287 Å². The molecule has 11 heteroatoms. The summed E-state index contributed by atoms with van der Waals surface area (Å²) < 4.78 is 46.6. The van der Waals surface area contributed by atoms with Crippen LogP contribution in [-0.2, 0) is 32.6 Å². The molecule has 0 saturated heterocycles. The Morgan fingerprint density at radius 1 is 0.837 bits per heavy atom. The van der Waals surface area contributed by atoms with Gasteiger partial charge in [0.25, 0.3) is 10.0 Å². The van der Waals surface area contributed by atoms with E-state index >= 15 is 0 Å². The molecule has 1 heterocycles. The molecule has 4 aromatic rings. The summed E-state index contributed by atoms with van der Waals surface area (Å²) in [5.74, 6) is 0.660. The van der Waals surface area contributed by atoms with Gasteiger partial charge in [0.05, 0.1) is 17.7 Å². The largest absolute Gasteiger partial charge is 0.497 e. The van der Waals surface area contributed by atoms with Crippen LogP contribution < -0.4 is 23.8 Å². The Morgan fingerprint density at radius 3 is 2.22 bits per heavy atom. The van der Waals surface area contributed by atoms with E-state index in [0.29, 0.717) is 30.5 Å². The van der Waals surface area contributed by atoms with E-state index in [1.807, 2.05) is 48.5 Å². The van der Waals surface area contributed by atoms with Crippen LogP contribution in [0.2, 0.25) is 0 Å². The van der Waals surface area contributed by atoms with Crippen LogP contribution >= 0.6 is 0 Å². The Bertz CT molecular complexity index is 1850. The van der Waals surface area contributed by atoms with Crippen molar-refractivity contribution in [3.63, 3.8) is 0 Å². The molecule has 0 aromatic heterocycles. The van der Waals surface area contributed by atoms with Gasteiger partial charge < -0.3 is 24.4 Å². The first-order valence-electron chi connectivity index (χ1n) is 16.6. The van der Waals surface area contributed by atoms with E-state index in [-0.39, 0.29) is 35.5 Å². The number of hydrogen-bond acceptors (Lipinski definition) is 7. The van der Waals surface area contributed by atoms with Crippen LogP contribution in [0, 0.1) is 0 Å². The number of anilines is 1. The van der Waals surface area contributed by atoms with Gasteiger partial charge in [0.2, 0.25) is 11.8 Å². The predicted molar refractivity (Wildman–Crippen MR) is 186 cm³/mol. The highest BCUT2D eigenvalue weighted by molar-refractivity contribution is 7.92. The molecular formula is C38H41N3O7S. The molecule has 0 radical (unpaired) electrons. The van der Waals surface area contributed by atoms with Gasteiger partial charge in [0, 0.05) is 25.1 Å². The van der Waals surface area contributed by atoms with Gasteiger partial charge >= 0.3 is 0 Å². The van der Waals surface area contributed by atoms with Gasteiger partial charge in [-0.2, -0.15) is 0 Å². The first-order chi connectivity index (χ1) is 23.8. The number of benzene rings is 4. The highest BCUT2D eigenvalue weighted by Crippen LogP contribution is 2.36. The summed E-state index contributed by atoms with van der Waals surface area (Å²) in [6.45, 7) is 0.170. The average molecular weight is 684 g/mol. The number of carbonyl (C=O) groups is 2. The number of ether oxygens (including phenoxy) is 3. The molecule has 256 valence electrons. The molecular weight excluding hydrogens is 642 g/mol. The summed E-state index contributed by atoms with van der Waals surface area (Å²) in [6.07, 6.45) is 4.05. The van der Waals surface area contributed by atoms with E-state index in [9.17, 15) is 18.0 Å². The van der Waals surface area contributed by atoms with Crippen molar-refractivity contribution in [3.05, 3.63) is 114 Å². The minimum atomic E-state index is -4.25. The van der Waals surface area contributed by atoms with Crippen molar-refractivity contribution in [1.82, 2.24) is 10.2 Å². The molecule has 1 atom stereocenters. The quantitative estimate of drug-likeness (QED) is 0.202. The number of nitrogens with zero attached hydrogens (tertiary/aromatic N) is 2. The van der Waals surface area contributed by atoms with Crippen LogP contribution in [0.5, 0.6) is 17.2 Å². The Balaban J connectivity index is 1.41.